The van der Waals surface area contributed by atoms with Gasteiger partial charge in [-0.15, -0.1) is 0 Å². The topological polar surface area (TPSA) is 49.6 Å². The third-order valence-electron chi connectivity index (χ3n) is 5.95. The molecule has 1 atom stereocenters. The van der Waals surface area contributed by atoms with Gasteiger partial charge in [-0.05, 0) is 38.3 Å². The van der Waals surface area contributed by atoms with Crippen LogP contribution in [0.25, 0.3) is 0 Å². The van der Waals surface area contributed by atoms with Crippen LogP contribution < -0.4 is 0 Å². The van der Waals surface area contributed by atoms with Crippen molar-refractivity contribution < 1.29 is 13.7 Å². The first kappa shape index (κ1) is 18.2. The van der Waals surface area contributed by atoms with Crippen LogP contribution in [0.5, 0.6) is 0 Å². The fourth-order valence-electron chi connectivity index (χ4n) is 4.49. The summed E-state index contributed by atoms with van der Waals surface area (Å²) in [5.74, 6) is 0.130. The number of carbonyl (C=O) groups excluding carboxylic acids is 1. The molecular weight excluding hydrogens is 345 g/mol. The Kier molecular flexibility index (Phi) is 5.00. The maximum Gasteiger partial charge on any atom is 0.292 e. The van der Waals surface area contributed by atoms with Crippen molar-refractivity contribution >= 4 is 5.91 Å². The van der Waals surface area contributed by atoms with Crippen molar-refractivity contribution in [2.75, 3.05) is 26.2 Å². The lowest BCUT2D eigenvalue weighted by Crippen LogP contribution is -2.45. The molecular formula is C21H26FN3O2. The van der Waals surface area contributed by atoms with Crippen LogP contribution in [-0.4, -0.2) is 47.0 Å². The van der Waals surface area contributed by atoms with E-state index >= 15 is 0 Å². The van der Waals surface area contributed by atoms with Crippen molar-refractivity contribution in [3.05, 3.63) is 53.2 Å². The van der Waals surface area contributed by atoms with Gasteiger partial charge in [0.25, 0.3) is 5.91 Å². The van der Waals surface area contributed by atoms with Crippen LogP contribution in [0.15, 0.2) is 34.9 Å². The minimum atomic E-state index is -0.141. The average Bonchev–Trinajstić information content (AvgIpc) is 3.31. The highest BCUT2D eigenvalue weighted by Crippen LogP contribution is 2.40. The number of aromatic nitrogens is 1. The van der Waals surface area contributed by atoms with Gasteiger partial charge in [0, 0.05) is 43.2 Å². The lowest BCUT2D eigenvalue weighted by Gasteiger charge is -2.40. The van der Waals surface area contributed by atoms with Crippen molar-refractivity contribution in [2.45, 2.75) is 39.2 Å². The van der Waals surface area contributed by atoms with E-state index in [-0.39, 0.29) is 17.1 Å². The van der Waals surface area contributed by atoms with Gasteiger partial charge in [0.1, 0.15) is 5.82 Å². The molecule has 5 nitrogen and oxygen atoms in total. The summed E-state index contributed by atoms with van der Waals surface area (Å²) in [7, 11) is 0. The number of hydrogen-bond acceptors (Lipinski definition) is 4. The molecule has 0 saturated carbocycles. The average molecular weight is 371 g/mol. The molecule has 3 heterocycles. The summed E-state index contributed by atoms with van der Waals surface area (Å²) in [6.45, 7) is 5.98. The summed E-state index contributed by atoms with van der Waals surface area (Å²) in [5.41, 5.74) is 1.66. The number of halogens is 1. The van der Waals surface area contributed by atoms with Gasteiger partial charge in [-0.2, -0.15) is 0 Å². The van der Waals surface area contributed by atoms with Gasteiger partial charge in [-0.25, -0.2) is 4.39 Å². The van der Waals surface area contributed by atoms with E-state index in [0.29, 0.717) is 12.3 Å². The van der Waals surface area contributed by atoms with Gasteiger partial charge in [0.15, 0.2) is 0 Å². The van der Waals surface area contributed by atoms with Gasteiger partial charge in [0.2, 0.25) is 5.76 Å². The number of piperidine rings is 1. The molecule has 0 aliphatic carbocycles. The van der Waals surface area contributed by atoms with E-state index in [2.05, 4.69) is 10.1 Å². The molecule has 2 saturated heterocycles. The van der Waals surface area contributed by atoms with E-state index in [1.54, 1.807) is 12.1 Å². The first-order valence-electron chi connectivity index (χ1n) is 9.79. The van der Waals surface area contributed by atoms with E-state index in [0.717, 1.165) is 63.1 Å². The Bertz CT molecular complexity index is 821. The summed E-state index contributed by atoms with van der Waals surface area (Å²) in [6, 6.07) is 8.74. The predicted octanol–water partition coefficient (Wildman–Crippen LogP) is 3.50. The fraction of sp³-hybridized carbons (Fsp3) is 0.524. The first-order valence-corrected chi connectivity index (χ1v) is 9.79. The molecule has 2 aliphatic rings. The standard InChI is InChI=1S/C21H26FN3O2/c1-2-17-12-19(27-23-17)20(26)25-11-9-21(15-25)8-5-10-24(14-21)13-16-6-3-4-7-18(16)22/h3-4,6-7,12H,2,5,8-11,13-15H2,1H3/t21-/m1/s1. The lowest BCUT2D eigenvalue weighted by atomic mass is 9.79. The number of carbonyl (C=O) groups is 1. The molecule has 1 aromatic heterocycles. The number of nitrogens with zero attached hydrogens (tertiary/aromatic N) is 3. The largest absolute Gasteiger partial charge is 0.351 e. The van der Waals surface area contributed by atoms with Crippen LogP contribution >= 0.6 is 0 Å². The van der Waals surface area contributed by atoms with E-state index < -0.39 is 0 Å². The maximum atomic E-state index is 14.0. The van der Waals surface area contributed by atoms with Crippen molar-refractivity contribution in [1.29, 1.82) is 0 Å². The van der Waals surface area contributed by atoms with Crippen molar-refractivity contribution in [2.24, 2.45) is 5.41 Å². The minimum Gasteiger partial charge on any atom is -0.351 e. The molecule has 1 amide bonds. The van der Waals surface area contributed by atoms with Crippen LogP contribution in [0.4, 0.5) is 4.39 Å². The third kappa shape index (κ3) is 3.76. The van der Waals surface area contributed by atoms with E-state index in [1.807, 2.05) is 24.0 Å². The number of likely N-dealkylation sites (tertiary alicyclic amines) is 2. The van der Waals surface area contributed by atoms with E-state index in [9.17, 15) is 9.18 Å². The molecule has 0 radical (unpaired) electrons. The lowest BCUT2D eigenvalue weighted by molar-refractivity contribution is 0.0642. The van der Waals surface area contributed by atoms with Gasteiger partial charge in [-0.1, -0.05) is 30.3 Å². The molecule has 0 unspecified atom stereocenters. The van der Waals surface area contributed by atoms with Gasteiger partial charge in [0.05, 0.1) is 5.69 Å². The summed E-state index contributed by atoms with van der Waals surface area (Å²) < 4.78 is 19.2. The number of amides is 1. The molecule has 1 aromatic carbocycles. The Balaban J connectivity index is 1.41. The molecule has 1 spiro atoms. The van der Waals surface area contributed by atoms with Crippen molar-refractivity contribution in [3.8, 4) is 0 Å². The van der Waals surface area contributed by atoms with Gasteiger partial charge in [-0.3, -0.25) is 9.69 Å². The molecule has 27 heavy (non-hydrogen) atoms. The third-order valence-corrected chi connectivity index (χ3v) is 5.95. The van der Waals surface area contributed by atoms with E-state index in [4.69, 9.17) is 4.52 Å². The van der Waals surface area contributed by atoms with Crippen LogP contribution in [0.3, 0.4) is 0 Å². The smallest absolute Gasteiger partial charge is 0.292 e. The second-order valence-corrected chi connectivity index (χ2v) is 7.92. The van der Waals surface area contributed by atoms with Crippen molar-refractivity contribution in [3.63, 3.8) is 0 Å². The van der Waals surface area contributed by atoms with Crippen LogP contribution in [0.2, 0.25) is 0 Å². The SMILES string of the molecule is CCc1cc(C(=O)N2CC[C@@]3(CCCN(Cc4ccccc4F)C3)C2)on1. The second kappa shape index (κ2) is 7.43. The second-order valence-electron chi connectivity index (χ2n) is 7.92. The molecule has 0 bridgehead atoms. The Morgan fingerprint density at radius 1 is 1.26 bits per heavy atom. The van der Waals surface area contributed by atoms with Gasteiger partial charge >= 0.3 is 0 Å². The Morgan fingerprint density at radius 2 is 2.11 bits per heavy atom. The van der Waals surface area contributed by atoms with Crippen molar-refractivity contribution in [1.82, 2.24) is 15.0 Å². The number of benzene rings is 1. The molecule has 4 rings (SSSR count). The predicted molar refractivity (Wildman–Crippen MR) is 99.7 cm³/mol. The molecule has 0 N–H and O–H groups in total. The fourth-order valence-corrected chi connectivity index (χ4v) is 4.49. The minimum absolute atomic E-state index is 0.0645. The summed E-state index contributed by atoms with van der Waals surface area (Å²) in [6.07, 6.45) is 3.94. The quantitative estimate of drug-likeness (QED) is 0.825. The van der Waals surface area contributed by atoms with E-state index in [1.165, 1.54) is 6.07 Å². The number of hydrogen-bond donors (Lipinski definition) is 0. The molecule has 2 fully saturated rings. The summed E-state index contributed by atoms with van der Waals surface area (Å²) in [5, 5.41) is 3.93. The zero-order chi connectivity index (χ0) is 18.9. The molecule has 2 aliphatic heterocycles. The first-order chi connectivity index (χ1) is 13.1. The maximum absolute atomic E-state index is 14.0. The van der Waals surface area contributed by atoms with Crippen LogP contribution in [0.1, 0.15) is 48.0 Å². The Hall–Kier alpha value is -2.21. The number of rotatable bonds is 4. The highest BCUT2D eigenvalue weighted by atomic mass is 19.1. The highest BCUT2D eigenvalue weighted by Gasteiger charge is 2.43. The number of aryl methyl sites for hydroxylation is 1. The van der Waals surface area contributed by atoms with Crippen LogP contribution in [-0.2, 0) is 13.0 Å². The highest BCUT2D eigenvalue weighted by molar-refractivity contribution is 5.91. The molecule has 6 heteroatoms. The molecule has 144 valence electrons. The summed E-state index contributed by atoms with van der Waals surface area (Å²) >= 11 is 0. The normalized spacial score (nSPS) is 23.3. The summed E-state index contributed by atoms with van der Waals surface area (Å²) in [4.78, 5) is 17.0. The zero-order valence-corrected chi connectivity index (χ0v) is 15.8. The van der Waals surface area contributed by atoms with Gasteiger partial charge < -0.3 is 9.42 Å². The Morgan fingerprint density at radius 3 is 2.89 bits per heavy atom. The Labute approximate surface area is 159 Å². The monoisotopic (exact) mass is 371 g/mol. The zero-order valence-electron chi connectivity index (χ0n) is 15.8. The van der Waals surface area contributed by atoms with Crippen LogP contribution in [0, 0.1) is 11.2 Å². The molecule has 2 aromatic rings.